The summed E-state index contributed by atoms with van der Waals surface area (Å²) < 4.78 is 13.9. The Morgan fingerprint density at radius 3 is 2.54 bits per heavy atom. The number of rotatable bonds is 6. The van der Waals surface area contributed by atoms with Gasteiger partial charge in [-0.15, -0.1) is 0 Å². The third-order valence-corrected chi connectivity index (χ3v) is 5.25. The lowest BCUT2D eigenvalue weighted by molar-refractivity contribution is -0.131. The van der Waals surface area contributed by atoms with Gasteiger partial charge in [0.05, 0.1) is 0 Å². The number of carbonyl (C=O) groups excluding carboxylic acids is 1. The number of likely N-dealkylation sites (tertiary alicyclic amines) is 1. The summed E-state index contributed by atoms with van der Waals surface area (Å²) in [4.78, 5) is 16.8. The zero-order valence-electron chi connectivity index (χ0n) is 15.4. The van der Waals surface area contributed by atoms with Gasteiger partial charge in [0.25, 0.3) is 0 Å². The van der Waals surface area contributed by atoms with Crippen molar-refractivity contribution in [1.82, 2.24) is 9.80 Å². The van der Waals surface area contributed by atoms with Gasteiger partial charge in [-0.05, 0) is 31.0 Å². The Hall–Kier alpha value is -2.20. The molecule has 0 saturated carbocycles. The quantitative estimate of drug-likeness (QED) is 0.775. The van der Waals surface area contributed by atoms with Crippen LogP contribution in [0.15, 0.2) is 54.6 Å². The third kappa shape index (κ3) is 4.70. The van der Waals surface area contributed by atoms with Gasteiger partial charge < -0.3 is 4.90 Å². The molecule has 0 radical (unpaired) electrons. The summed E-state index contributed by atoms with van der Waals surface area (Å²) >= 11 is 0. The van der Waals surface area contributed by atoms with Crippen LogP contribution in [0.5, 0.6) is 0 Å². The first-order valence-corrected chi connectivity index (χ1v) is 9.46. The van der Waals surface area contributed by atoms with Crippen molar-refractivity contribution in [2.75, 3.05) is 13.1 Å². The topological polar surface area (TPSA) is 23.6 Å². The highest BCUT2D eigenvalue weighted by Crippen LogP contribution is 2.21. The van der Waals surface area contributed by atoms with Crippen LogP contribution in [0, 0.1) is 5.82 Å². The molecule has 0 spiro atoms. The minimum absolute atomic E-state index is 0.131. The molecule has 1 atom stereocenters. The predicted octanol–water partition coefficient (Wildman–Crippen LogP) is 4.23. The SMILES string of the molecule is CCN(Cc1ccccc1)C1CCC(=O)N(Cc2ccccc2F)CC1. The smallest absolute Gasteiger partial charge is 0.222 e. The van der Waals surface area contributed by atoms with Gasteiger partial charge in [-0.2, -0.15) is 0 Å². The van der Waals surface area contributed by atoms with E-state index in [0.29, 0.717) is 31.1 Å². The second kappa shape index (κ2) is 8.95. The van der Waals surface area contributed by atoms with Gasteiger partial charge in [0, 0.05) is 37.7 Å². The molecule has 2 aromatic rings. The normalized spacial score (nSPS) is 18.2. The standard InChI is InChI=1S/C22H27FN2O/c1-2-24(16-18-8-4-3-5-9-18)20-12-13-22(26)25(15-14-20)17-19-10-6-7-11-21(19)23/h3-11,20H,2,12-17H2,1H3. The summed E-state index contributed by atoms with van der Waals surface area (Å²) in [5, 5.41) is 0. The van der Waals surface area contributed by atoms with Crippen LogP contribution < -0.4 is 0 Å². The van der Waals surface area contributed by atoms with E-state index in [-0.39, 0.29) is 11.7 Å². The first-order valence-electron chi connectivity index (χ1n) is 9.46. The van der Waals surface area contributed by atoms with Crippen LogP contribution in [0.1, 0.15) is 37.3 Å². The third-order valence-electron chi connectivity index (χ3n) is 5.25. The van der Waals surface area contributed by atoms with Crippen molar-refractivity contribution in [2.24, 2.45) is 0 Å². The lowest BCUT2D eigenvalue weighted by atomic mass is 10.1. The number of hydrogen-bond acceptors (Lipinski definition) is 2. The molecule has 0 bridgehead atoms. The Balaban J connectivity index is 1.64. The van der Waals surface area contributed by atoms with Crippen molar-refractivity contribution >= 4 is 5.91 Å². The molecule has 3 nitrogen and oxygen atoms in total. The van der Waals surface area contributed by atoms with Gasteiger partial charge in [0.15, 0.2) is 0 Å². The van der Waals surface area contributed by atoms with Crippen molar-refractivity contribution in [2.45, 2.75) is 45.3 Å². The van der Waals surface area contributed by atoms with Crippen LogP contribution in [-0.4, -0.2) is 34.8 Å². The van der Waals surface area contributed by atoms with E-state index in [0.717, 1.165) is 25.9 Å². The molecule has 1 fully saturated rings. The van der Waals surface area contributed by atoms with E-state index < -0.39 is 0 Å². The minimum atomic E-state index is -0.236. The largest absolute Gasteiger partial charge is 0.338 e. The molecule has 1 amide bonds. The zero-order chi connectivity index (χ0) is 18.4. The fourth-order valence-electron chi connectivity index (χ4n) is 3.70. The first kappa shape index (κ1) is 18.6. The Bertz CT molecular complexity index is 719. The minimum Gasteiger partial charge on any atom is -0.338 e. The summed E-state index contributed by atoms with van der Waals surface area (Å²) in [6.45, 7) is 5.09. The van der Waals surface area contributed by atoms with Gasteiger partial charge >= 0.3 is 0 Å². The van der Waals surface area contributed by atoms with Crippen LogP contribution in [0.25, 0.3) is 0 Å². The second-order valence-electron chi connectivity index (χ2n) is 6.94. The summed E-state index contributed by atoms with van der Waals surface area (Å²) in [5.74, 6) is -0.105. The molecule has 1 heterocycles. The first-order chi connectivity index (χ1) is 12.7. The summed E-state index contributed by atoms with van der Waals surface area (Å²) in [5.41, 5.74) is 1.89. The van der Waals surface area contributed by atoms with E-state index in [1.54, 1.807) is 12.1 Å². The van der Waals surface area contributed by atoms with Crippen molar-refractivity contribution in [3.8, 4) is 0 Å². The highest BCUT2D eigenvalue weighted by atomic mass is 19.1. The van der Waals surface area contributed by atoms with Crippen LogP contribution in [0.4, 0.5) is 4.39 Å². The predicted molar refractivity (Wildman–Crippen MR) is 102 cm³/mol. The lowest BCUT2D eigenvalue weighted by Crippen LogP contribution is -2.35. The van der Waals surface area contributed by atoms with E-state index in [9.17, 15) is 9.18 Å². The molecule has 2 aromatic carbocycles. The number of halogens is 1. The average molecular weight is 354 g/mol. The number of benzene rings is 2. The fourth-order valence-corrected chi connectivity index (χ4v) is 3.70. The maximum atomic E-state index is 13.9. The Morgan fingerprint density at radius 1 is 1.08 bits per heavy atom. The van der Waals surface area contributed by atoms with E-state index in [2.05, 4.69) is 36.1 Å². The van der Waals surface area contributed by atoms with E-state index in [1.807, 2.05) is 17.0 Å². The molecule has 1 unspecified atom stereocenters. The van der Waals surface area contributed by atoms with Gasteiger partial charge in [0.2, 0.25) is 5.91 Å². The van der Waals surface area contributed by atoms with Crippen molar-refractivity contribution in [3.63, 3.8) is 0 Å². The van der Waals surface area contributed by atoms with Crippen molar-refractivity contribution < 1.29 is 9.18 Å². The van der Waals surface area contributed by atoms with Gasteiger partial charge in [-0.1, -0.05) is 55.5 Å². The molecule has 1 aliphatic heterocycles. The van der Waals surface area contributed by atoms with E-state index in [4.69, 9.17) is 0 Å². The summed E-state index contributed by atoms with van der Waals surface area (Å²) in [7, 11) is 0. The fraction of sp³-hybridized carbons (Fsp3) is 0.409. The Morgan fingerprint density at radius 2 is 1.81 bits per heavy atom. The molecule has 0 N–H and O–H groups in total. The molecule has 0 aromatic heterocycles. The Labute approximate surface area is 155 Å². The maximum Gasteiger partial charge on any atom is 0.222 e. The van der Waals surface area contributed by atoms with Gasteiger partial charge in [-0.3, -0.25) is 9.69 Å². The van der Waals surface area contributed by atoms with Crippen LogP contribution in [0.3, 0.4) is 0 Å². The number of nitrogens with zero attached hydrogens (tertiary/aromatic N) is 2. The average Bonchev–Trinajstić information content (AvgIpc) is 2.85. The molecule has 0 aliphatic carbocycles. The van der Waals surface area contributed by atoms with Crippen LogP contribution >= 0.6 is 0 Å². The summed E-state index contributed by atoms with van der Waals surface area (Å²) in [6.07, 6.45) is 2.33. The van der Waals surface area contributed by atoms with E-state index in [1.165, 1.54) is 11.6 Å². The number of hydrogen-bond donors (Lipinski definition) is 0. The summed E-state index contributed by atoms with van der Waals surface area (Å²) in [6, 6.07) is 17.6. The van der Waals surface area contributed by atoms with E-state index >= 15 is 0 Å². The molecule has 1 saturated heterocycles. The maximum absolute atomic E-state index is 13.9. The zero-order valence-corrected chi connectivity index (χ0v) is 15.4. The molecule has 1 aliphatic rings. The molecule has 138 valence electrons. The number of carbonyl (C=O) groups is 1. The number of amides is 1. The molecule has 26 heavy (non-hydrogen) atoms. The lowest BCUT2D eigenvalue weighted by Gasteiger charge is -2.30. The second-order valence-corrected chi connectivity index (χ2v) is 6.94. The van der Waals surface area contributed by atoms with Crippen molar-refractivity contribution in [3.05, 3.63) is 71.5 Å². The van der Waals surface area contributed by atoms with Crippen molar-refractivity contribution in [1.29, 1.82) is 0 Å². The monoisotopic (exact) mass is 354 g/mol. The van der Waals surface area contributed by atoms with Crippen LogP contribution in [-0.2, 0) is 17.9 Å². The molecular formula is C22H27FN2O. The van der Waals surface area contributed by atoms with Gasteiger partial charge in [-0.25, -0.2) is 4.39 Å². The van der Waals surface area contributed by atoms with Crippen LogP contribution in [0.2, 0.25) is 0 Å². The Kier molecular flexibility index (Phi) is 6.40. The highest BCUT2D eigenvalue weighted by Gasteiger charge is 2.26. The highest BCUT2D eigenvalue weighted by molar-refractivity contribution is 5.76. The molecule has 3 rings (SSSR count). The van der Waals surface area contributed by atoms with Gasteiger partial charge in [0.1, 0.15) is 5.82 Å². The molecular weight excluding hydrogens is 327 g/mol. The molecule has 4 heteroatoms.